The normalized spacial score (nSPS) is 24.4. The first-order valence-electron chi connectivity index (χ1n) is 5.93. The van der Waals surface area contributed by atoms with E-state index in [1.807, 2.05) is 33.8 Å². The van der Waals surface area contributed by atoms with E-state index in [-0.39, 0.29) is 17.2 Å². The van der Waals surface area contributed by atoms with Gasteiger partial charge in [-0.2, -0.15) is 0 Å². The van der Waals surface area contributed by atoms with E-state index in [0.29, 0.717) is 6.42 Å². The van der Waals surface area contributed by atoms with Gasteiger partial charge in [-0.05, 0) is 45.4 Å². The molecule has 0 spiro atoms. The van der Waals surface area contributed by atoms with E-state index < -0.39 is 4.75 Å². The minimum Gasteiger partial charge on any atom is -0.350 e. The summed E-state index contributed by atoms with van der Waals surface area (Å²) in [7, 11) is 0. The summed E-state index contributed by atoms with van der Waals surface area (Å²) in [5.74, 6) is -0.230. The predicted molar refractivity (Wildman–Crippen MR) is 71.9 cm³/mol. The van der Waals surface area contributed by atoms with Gasteiger partial charge in [0.05, 0.1) is 0 Å². The molecule has 1 heterocycles. The zero-order valence-electron chi connectivity index (χ0n) is 11.2. The lowest BCUT2D eigenvalue weighted by molar-refractivity contribution is -0.131. The summed E-state index contributed by atoms with van der Waals surface area (Å²) >= 11 is 1.41. The maximum atomic E-state index is 12.3. The molecule has 1 amide bonds. The Morgan fingerprint density at radius 3 is 2.41 bits per heavy atom. The van der Waals surface area contributed by atoms with E-state index in [1.165, 1.54) is 18.7 Å². The number of nitrogens with one attached hydrogen (secondary N) is 1. The Morgan fingerprint density at radius 1 is 1.47 bits per heavy atom. The monoisotopic (exact) mass is 255 g/mol. The number of Topliss-reactive ketones (excluding diaryl/α,β-unsaturated/α-hetero) is 1. The smallest absolute Gasteiger partial charge is 0.244 e. The number of carbonyl (C=O) groups is 2. The SMILES string of the molecule is CCC1=CCC(C(C)=O)(C(=O)NC(C)(C)C)S1. The van der Waals surface area contributed by atoms with Crippen molar-refractivity contribution in [1.29, 1.82) is 0 Å². The highest BCUT2D eigenvalue weighted by atomic mass is 32.2. The number of thioether (sulfide) groups is 1. The molecule has 17 heavy (non-hydrogen) atoms. The highest BCUT2D eigenvalue weighted by Crippen LogP contribution is 2.44. The topological polar surface area (TPSA) is 46.2 Å². The standard InChI is InChI=1S/C13H21NO2S/c1-6-10-7-8-13(17-10,9(2)15)11(16)14-12(3,4)5/h7H,6,8H2,1-5H3,(H,14,16). The first kappa shape index (κ1) is 14.3. The molecule has 0 aromatic rings. The second kappa shape index (κ2) is 4.84. The number of allylic oxidation sites excluding steroid dienone is 2. The fraction of sp³-hybridized carbons (Fsp3) is 0.692. The molecule has 0 fully saturated rings. The molecule has 0 radical (unpaired) electrons. The van der Waals surface area contributed by atoms with Crippen molar-refractivity contribution in [3.05, 3.63) is 11.0 Å². The zero-order valence-corrected chi connectivity index (χ0v) is 12.0. The largest absolute Gasteiger partial charge is 0.350 e. The third-order valence-corrected chi connectivity index (χ3v) is 4.40. The van der Waals surface area contributed by atoms with Gasteiger partial charge in [-0.1, -0.05) is 13.0 Å². The Hall–Kier alpha value is -0.770. The molecule has 0 aliphatic carbocycles. The second-order valence-corrected chi connectivity index (χ2v) is 6.84. The van der Waals surface area contributed by atoms with Gasteiger partial charge in [-0.3, -0.25) is 9.59 Å². The first-order valence-corrected chi connectivity index (χ1v) is 6.74. The highest BCUT2D eigenvalue weighted by Gasteiger charge is 2.47. The number of hydrogen-bond acceptors (Lipinski definition) is 3. The minimum absolute atomic E-state index is 0.0658. The molecule has 96 valence electrons. The lowest BCUT2D eigenvalue weighted by atomic mass is 9.97. The van der Waals surface area contributed by atoms with E-state index in [0.717, 1.165) is 11.3 Å². The van der Waals surface area contributed by atoms with Crippen LogP contribution in [0.25, 0.3) is 0 Å². The van der Waals surface area contributed by atoms with E-state index in [9.17, 15) is 9.59 Å². The number of ketones is 1. The van der Waals surface area contributed by atoms with E-state index in [4.69, 9.17) is 0 Å². The fourth-order valence-electron chi connectivity index (χ4n) is 1.74. The average Bonchev–Trinajstić information content (AvgIpc) is 2.59. The van der Waals surface area contributed by atoms with Gasteiger partial charge in [-0.15, -0.1) is 11.8 Å². The molecule has 1 rings (SSSR count). The van der Waals surface area contributed by atoms with Crippen LogP contribution in [-0.2, 0) is 9.59 Å². The van der Waals surface area contributed by atoms with Crippen molar-refractivity contribution in [2.75, 3.05) is 0 Å². The van der Waals surface area contributed by atoms with Crippen LogP contribution in [-0.4, -0.2) is 22.0 Å². The van der Waals surface area contributed by atoms with Crippen LogP contribution in [0.1, 0.15) is 47.5 Å². The molecule has 0 aromatic heterocycles. The number of hydrogen-bond donors (Lipinski definition) is 1. The molecular weight excluding hydrogens is 234 g/mol. The molecule has 0 bridgehead atoms. The van der Waals surface area contributed by atoms with Crippen LogP contribution in [0.15, 0.2) is 11.0 Å². The molecule has 1 aliphatic rings. The molecular formula is C13H21NO2S. The Kier molecular flexibility index (Phi) is 4.07. The van der Waals surface area contributed by atoms with Gasteiger partial charge in [-0.25, -0.2) is 0 Å². The van der Waals surface area contributed by atoms with Crippen LogP contribution in [0.4, 0.5) is 0 Å². The van der Waals surface area contributed by atoms with E-state index in [2.05, 4.69) is 5.32 Å². The van der Waals surface area contributed by atoms with Crippen LogP contribution in [0, 0.1) is 0 Å². The fourth-order valence-corrected chi connectivity index (χ4v) is 2.95. The zero-order chi connectivity index (χ0) is 13.3. The third-order valence-electron chi connectivity index (χ3n) is 2.69. The Labute approximate surface area is 107 Å². The van der Waals surface area contributed by atoms with Crippen molar-refractivity contribution >= 4 is 23.5 Å². The summed E-state index contributed by atoms with van der Waals surface area (Å²) in [4.78, 5) is 25.3. The minimum atomic E-state index is -0.932. The second-order valence-electron chi connectivity index (χ2n) is 5.42. The maximum Gasteiger partial charge on any atom is 0.244 e. The van der Waals surface area contributed by atoms with Crippen LogP contribution in [0.5, 0.6) is 0 Å². The Bertz CT molecular complexity index is 368. The third kappa shape index (κ3) is 3.12. The molecule has 1 unspecified atom stereocenters. The van der Waals surface area contributed by atoms with Crippen molar-refractivity contribution in [1.82, 2.24) is 5.32 Å². The summed E-state index contributed by atoms with van der Waals surface area (Å²) < 4.78 is -0.932. The Morgan fingerprint density at radius 2 is 2.06 bits per heavy atom. The Balaban J connectivity index is 2.90. The van der Waals surface area contributed by atoms with Crippen molar-refractivity contribution < 1.29 is 9.59 Å². The van der Waals surface area contributed by atoms with Crippen LogP contribution >= 0.6 is 11.8 Å². The van der Waals surface area contributed by atoms with E-state index in [1.54, 1.807) is 0 Å². The van der Waals surface area contributed by atoms with Crippen molar-refractivity contribution in [2.45, 2.75) is 57.7 Å². The lowest BCUT2D eigenvalue weighted by Crippen LogP contribution is -2.53. The van der Waals surface area contributed by atoms with Crippen molar-refractivity contribution in [3.63, 3.8) is 0 Å². The van der Waals surface area contributed by atoms with Crippen LogP contribution in [0.3, 0.4) is 0 Å². The van der Waals surface area contributed by atoms with Gasteiger partial charge in [0.1, 0.15) is 0 Å². The summed E-state index contributed by atoms with van der Waals surface area (Å²) in [5, 5.41) is 2.91. The highest BCUT2D eigenvalue weighted by molar-refractivity contribution is 8.06. The molecule has 1 atom stereocenters. The molecule has 4 heteroatoms. The summed E-state index contributed by atoms with van der Waals surface area (Å²) in [6, 6.07) is 0. The molecule has 3 nitrogen and oxygen atoms in total. The quantitative estimate of drug-likeness (QED) is 0.789. The number of rotatable bonds is 3. The molecule has 1 aliphatic heterocycles. The summed E-state index contributed by atoms with van der Waals surface area (Å²) in [6.07, 6.45) is 3.40. The van der Waals surface area contributed by atoms with Crippen molar-refractivity contribution in [2.24, 2.45) is 0 Å². The van der Waals surface area contributed by atoms with Gasteiger partial charge in [0.15, 0.2) is 10.5 Å². The number of amides is 1. The van der Waals surface area contributed by atoms with Gasteiger partial charge < -0.3 is 5.32 Å². The number of carbonyl (C=O) groups excluding carboxylic acids is 2. The van der Waals surface area contributed by atoms with E-state index >= 15 is 0 Å². The molecule has 0 aromatic carbocycles. The van der Waals surface area contributed by atoms with Gasteiger partial charge >= 0.3 is 0 Å². The molecule has 1 N–H and O–H groups in total. The maximum absolute atomic E-state index is 12.3. The molecule has 0 saturated carbocycles. The van der Waals surface area contributed by atoms with Gasteiger partial charge in [0.25, 0.3) is 0 Å². The first-order chi connectivity index (χ1) is 7.71. The summed E-state index contributed by atoms with van der Waals surface area (Å²) in [6.45, 7) is 9.31. The average molecular weight is 255 g/mol. The van der Waals surface area contributed by atoms with Crippen LogP contribution in [0.2, 0.25) is 0 Å². The predicted octanol–water partition coefficient (Wildman–Crippen LogP) is 2.66. The lowest BCUT2D eigenvalue weighted by Gasteiger charge is -2.30. The van der Waals surface area contributed by atoms with Gasteiger partial charge in [0.2, 0.25) is 5.91 Å². The van der Waals surface area contributed by atoms with Crippen LogP contribution < -0.4 is 5.32 Å². The van der Waals surface area contributed by atoms with Gasteiger partial charge in [0, 0.05) is 5.54 Å². The van der Waals surface area contributed by atoms with Crippen molar-refractivity contribution in [3.8, 4) is 0 Å². The summed E-state index contributed by atoms with van der Waals surface area (Å²) in [5.41, 5.74) is -0.310. The molecule has 0 saturated heterocycles.